The molecule has 4 aromatic rings. The number of carbonyl (C=O) groups is 2. The number of amides is 1. The normalized spacial score (nSPS) is 18.6. The first kappa shape index (κ1) is 36.2. The summed E-state index contributed by atoms with van der Waals surface area (Å²) in [6.45, 7) is 2.08. The van der Waals surface area contributed by atoms with Crippen molar-refractivity contribution in [2.24, 2.45) is 5.92 Å². The van der Waals surface area contributed by atoms with Crippen LogP contribution in [-0.2, 0) is 17.7 Å². The van der Waals surface area contributed by atoms with Gasteiger partial charge in [0.25, 0.3) is 0 Å². The van der Waals surface area contributed by atoms with Crippen LogP contribution >= 0.6 is 23.2 Å². The summed E-state index contributed by atoms with van der Waals surface area (Å²) in [5, 5.41) is 22.8. The quantitative estimate of drug-likeness (QED) is 0.152. The summed E-state index contributed by atoms with van der Waals surface area (Å²) in [6.07, 6.45) is 2.99. The van der Waals surface area contributed by atoms with E-state index in [9.17, 15) is 24.3 Å². The third kappa shape index (κ3) is 7.83. The number of benzene rings is 3. The zero-order valence-electron chi connectivity index (χ0n) is 27.8. The Kier molecular flexibility index (Phi) is 10.8. The van der Waals surface area contributed by atoms with Gasteiger partial charge < -0.3 is 24.1 Å². The Hall–Kier alpha value is -4.65. The highest BCUT2D eigenvalue weighted by molar-refractivity contribution is 6.35. The Balaban J connectivity index is 1.44. The van der Waals surface area contributed by atoms with Crippen molar-refractivity contribution in [1.29, 1.82) is 0 Å². The largest absolute Gasteiger partial charge is 0.545 e. The average Bonchev–Trinajstić information content (AvgIpc) is 3.11. The minimum Gasteiger partial charge on any atom is -0.545 e. The van der Waals surface area contributed by atoms with Gasteiger partial charge in [-0.15, -0.1) is 0 Å². The van der Waals surface area contributed by atoms with Crippen molar-refractivity contribution in [3.8, 4) is 11.5 Å². The molecule has 1 aromatic heterocycles. The van der Waals surface area contributed by atoms with Gasteiger partial charge in [0.05, 0.1) is 32.4 Å². The molecule has 7 rings (SSSR count). The smallest absolute Gasteiger partial charge is 0.415 e. The number of hydrogen-bond donors (Lipinski definition) is 1. The molecule has 0 unspecified atom stereocenters. The number of anilines is 1. The maximum absolute atomic E-state index is 15.3. The number of halogens is 4. The number of methoxy groups -OCH3 is 2. The number of carbonyl (C=O) groups excluding carboxylic acids is 2. The molecule has 268 valence electrons. The van der Waals surface area contributed by atoms with E-state index in [0.717, 1.165) is 49.0 Å². The zero-order chi connectivity index (χ0) is 36.4. The first-order valence-corrected chi connectivity index (χ1v) is 17.0. The van der Waals surface area contributed by atoms with Crippen molar-refractivity contribution in [3.63, 3.8) is 0 Å². The van der Waals surface area contributed by atoms with Crippen LogP contribution in [0, 0.1) is 17.6 Å². The molecule has 2 bridgehead atoms. The highest BCUT2D eigenvalue weighted by Crippen LogP contribution is 2.39. The maximum Gasteiger partial charge on any atom is 0.415 e. The molecule has 1 amide bonds. The molecule has 3 aliphatic heterocycles. The van der Waals surface area contributed by atoms with Crippen LogP contribution in [-0.4, -0.2) is 62.1 Å². The number of rotatable bonds is 11. The van der Waals surface area contributed by atoms with Crippen LogP contribution < -0.4 is 24.2 Å². The Morgan fingerprint density at radius 3 is 2.33 bits per heavy atom. The zero-order valence-corrected chi connectivity index (χ0v) is 29.3. The van der Waals surface area contributed by atoms with Gasteiger partial charge in [0, 0.05) is 34.4 Å². The van der Waals surface area contributed by atoms with E-state index in [1.165, 1.54) is 38.7 Å². The van der Waals surface area contributed by atoms with Crippen molar-refractivity contribution in [2.75, 3.05) is 38.8 Å². The molecule has 2 atom stereocenters. The second-order valence-electron chi connectivity index (χ2n) is 12.6. The summed E-state index contributed by atoms with van der Waals surface area (Å²) < 4.78 is 47.4. The van der Waals surface area contributed by atoms with Gasteiger partial charge in [-0.25, -0.2) is 13.6 Å². The second kappa shape index (κ2) is 15.3. The predicted octanol–water partition coefficient (Wildman–Crippen LogP) is 5.79. The van der Waals surface area contributed by atoms with Crippen LogP contribution in [0.5, 0.6) is 11.5 Å². The lowest BCUT2D eigenvalue weighted by atomic mass is 9.82. The van der Waals surface area contributed by atoms with Gasteiger partial charge in [-0.3, -0.25) is 15.0 Å². The van der Waals surface area contributed by atoms with E-state index in [-0.39, 0.29) is 45.7 Å². The molecule has 14 heteroatoms. The molecule has 10 nitrogen and oxygen atoms in total. The van der Waals surface area contributed by atoms with Gasteiger partial charge >= 0.3 is 6.09 Å². The van der Waals surface area contributed by atoms with Crippen molar-refractivity contribution < 1.29 is 47.6 Å². The van der Waals surface area contributed by atoms with Crippen LogP contribution in [0.15, 0.2) is 67.0 Å². The first-order valence-electron chi connectivity index (χ1n) is 16.3. The van der Waals surface area contributed by atoms with Gasteiger partial charge in [-0.2, -0.15) is 0 Å². The SMILES string of the molecule is COc1ccc([C@H](Cc2c(Cl)c[n+](O)cc2Cl)c2cc(CN(C(=O)O[C@H]3CN4CCC3CC4)c3cc(F)ccc3F)ccc2C(=O)[O-])cc1OC. The van der Waals surface area contributed by atoms with Crippen molar-refractivity contribution in [1.82, 2.24) is 4.90 Å². The number of hydrogen-bond acceptors (Lipinski definition) is 8. The fraction of sp³-hybridized carbons (Fsp3) is 0.324. The monoisotopic (exact) mass is 741 g/mol. The molecule has 3 aliphatic rings. The van der Waals surface area contributed by atoms with Gasteiger partial charge in [0.2, 0.25) is 12.4 Å². The lowest BCUT2D eigenvalue weighted by Crippen LogP contribution is -2.53. The number of fused-ring (bicyclic) bond motifs is 3. The minimum absolute atomic E-state index is 0.0432. The van der Waals surface area contributed by atoms with E-state index < -0.39 is 35.7 Å². The van der Waals surface area contributed by atoms with E-state index in [1.807, 2.05) is 0 Å². The van der Waals surface area contributed by atoms with Crippen LogP contribution in [0.3, 0.4) is 0 Å². The molecule has 3 aromatic carbocycles. The summed E-state index contributed by atoms with van der Waals surface area (Å²) in [7, 11) is 2.94. The number of ether oxygens (including phenoxy) is 3. The molecule has 51 heavy (non-hydrogen) atoms. The molecule has 4 heterocycles. The van der Waals surface area contributed by atoms with Crippen molar-refractivity contribution >= 4 is 41.0 Å². The van der Waals surface area contributed by atoms with Gasteiger partial charge in [0.1, 0.15) is 27.8 Å². The number of piperidine rings is 3. The Morgan fingerprint density at radius 1 is 1.00 bits per heavy atom. The topological polar surface area (TPSA) is 115 Å². The fourth-order valence-electron chi connectivity index (χ4n) is 6.96. The molecule has 0 spiro atoms. The molecular weight excluding hydrogens is 707 g/mol. The third-order valence-electron chi connectivity index (χ3n) is 9.61. The lowest BCUT2D eigenvalue weighted by molar-refractivity contribution is -0.904. The van der Waals surface area contributed by atoms with E-state index in [1.54, 1.807) is 24.3 Å². The summed E-state index contributed by atoms with van der Waals surface area (Å²) in [4.78, 5) is 29.7. The molecule has 3 saturated heterocycles. The third-order valence-corrected chi connectivity index (χ3v) is 10.3. The number of carboxylic acids is 1. The van der Waals surface area contributed by atoms with Gasteiger partial charge in [-0.1, -0.05) is 47.5 Å². The van der Waals surface area contributed by atoms with E-state index >= 15 is 4.39 Å². The summed E-state index contributed by atoms with van der Waals surface area (Å²) >= 11 is 13.1. The lowest BCUT2D eigenvalue weighted by Gasteiger charge is -2.44. The predicted molar refractivity (Wildman–Crippen MR) is 182 cm³/mol. The maximum atomic E-state index is 15.3. The second-order valence-corrected chi connectivity index (χ2v) is 13.4. The Labute approximate surface area is 303 Å². The Bertz CT molecular complexity index is 1930. The molecule has 0 saturated carbocycles. The van der Waals surface area contributed by atoms with Gasteiger partial charge in [0.15, 0.2) is 11.5 Å². The van der Waals surface area contributed by atoms with Crippen molar-refractivity contribution in [2.45, 2.75) is 37.8 Å². The summed E-state index contributed by atoms with van der Waals surface area (Å²) in [5.74, 6) is -2.89. The molecule has 1 N–H and O–H groups in total. The van der Waals surface area contributed by atoms with Crippen LogP contribution in [0.2, 0.25) is 10.0 Å². The first-order chi connectivity index (χ1) is 24.4. The number of pyridine rings is 1. The molecular formula is C37H35Cl2F2N3O7. The van der Waals surface area contributed by atoms with Crippen LogP contribution in [0.4, 0.5) is 19.3 Å². The Morgan fingerprint density at radius 2 is 1.71 bits per heavy atom. The van der Waals surface area contributed by atoms with E-state index in [4.69, 9.17) is 37.4 Å². The minimum atomic E-state index is -1.48. The highest BCUT2D eigenvalue weighted by Gasteiger charge is 2.38. The fourth-order valence-corrected chi connectivity index (χ4v) is 7.57. The number of aromatic carboxylic acids is 1. The average molecular weight is 743 g/mol. The van der Waals surface area contributed by atoms with Crippen LogP contribution in [0.1, 0.15) is 51.4 Å². The molecule has 3 fully saturated rings. The van der Waals surface area contributed by atoms with E-state index in [0.29, 0.717) is 39.5 Å². The van der Waals surface area contributed by atoms with Crippen molar-refractivity contribution in [3.05, 3.63) is 116 Å². The standard InChI is InChI=1S/C37H35Cl2F2N3O7/c1-49-33-8-4-23(14-34(33)50-2)26(16-28-29(38)18-43(48)19-30(28)39)27-13-21(3-6-25(27)36(45)46)17-44(32-15-24(40)5-7-31(32)41)37(47)51-35-20-42-11-9-22(35)10-12-42/h3-8,13-15,18-19,22,26,35H,9-12,16-17,20H2,1-2H3,(H-,45,46,48)/t26-,35-/m0/s1. The van der Waals surface area contributed by atoms with E-state index in [2.05, 4.69) is 4.90 Å². The van der Waals surface area contributed by atoms with Crippen LogP contribution in [0.25, 0.3) is 0 Å². The number of nitrogens with zero attached hydrogens (tertiary/aromatic N) is 3. The highest BCUT2D eigenvalue weighted by atomic mass is 35.5. The van der Waals surface area contributed by atoms with Gasteiger partial charge in [-0.05, 0) is 79.2 Å². The molecule has 0 aliphatic carbocycles. The number of carboxylic acid groups (broad SMARTS) is 1. The summed E-state index contributed by atoms with van der Waals surface area (Å²) in [6, 6.07) is 12.3. The summed E-state index contributed by atoms with van der Waals surface area (Å²) in [5.41, 5.74) is 1.12. The number of aromatic nitrogens is 1. The molecule has 0 radical (unpaired) electrons.